The van der Waals surface area contributed by atoms with Crippen molar-refractivity contribution in [3.63, 3.8) is 0 Å². The summed E-state index contributed by atoms with van der Waals surface area (Å²) in [5, 5.41) is 29.3. The van der Waals surface area contributed by atoms with Crippen LogP contribution in [0.4, 0.5) is 0 Å². The first kappa shape index (κ1) is 23.3. The van der Waals surface area contributed by atoms with E-state index in [1.807, 2.05) is 50.3 Å². The van der Waals surface area contributed by atoms with Crippen LogP contribution in [0.1, 0.15) is 26.7 Å². The van der Waals surface area contributed by atoms with Gasteiger partial charge in [-0.25, -0.2) is 0 Å². The Kier molecular flexibility index (Phi) is 10.9. The molecule has 3 N–H and O–H groups in total. The molecule has 1 rings (SSSR count). The van der Waals surface area contributed by atoms with Gasteiger partial charge in [-0.3, -0.25) is 0 Å². The Morgan fingerprint density at radius 3 is 2.52 bits per heavy atom. The molecular formula is C22H32O5. The van der Waals surface area contributed by atoms with Gasteiger partial charge in [0, 0.05) is 0 Å². The van der Waals surface area contributed by atoms with Crippen LogP contribution in [0.15, 0.2) is 72.4 Å². The summed E-state index contributed by atoms with van der Waals surface area (Å²) in [7, 11) is 0. The number of aliphatic hydroxyl groups excluding tert-OH is 3. The zero-order valence-electron chi connectivity index (χ0n) is 16.3. The van der Waals surface area contributed by atoms with Crippen LogP contribution in [0, 0.1) is 0 Å². The molecule has 5 nitrogen and oxygen atoms in total. The van der Waals surface area contributed by atoms with E-state index in [1.165, 1.54) is 0 Å². The van der Waals surface area contributed by atoms with Crippen LogP contribution in [0.3, 0.4) is 0 Å². The lowest BCUT2D eigenvalue weighted by atomic mass is 10.1. The maximum atomic E-state index is 10.1. The molecule has 0 radical (unpaired) electrons. The van der Waals surface area contributed by atoms with Crippen LogP contribution in [0.5, 0.6) is 0 Å². The molecule has 0 aromatic heterocycles. The highest BCUT2D eigenvalue weighted by Gasteiger charge is 2.34. The molecule has 3 unspecified atom stereocenters. The standard InChI is InChI=1S/C22H32O5/c1-5-16(2)8-6-9-17(3)10-7-11-18(4)15-26-22-21(25)20(24)13-12-19(14-23)27-22/h5-11,19-25H,1-2,12-15H2,3-4H3/b8-6+,10-7+,17-9+,18-11+/t19-,20?,21?,22?/m0/s1. The first-order valence-electron chi connectivity index (χ1n) is 9.11. The fraction of sp³-hybridized carbons (Fsp3) is 0.455. The van der Waals surface area contributed by atoms with Gasteiger partial charge in [-0.1, -0.05) is 61.3 Å². The Morgan fingerprint density at radius 1 is 1.15 bits per heavy atom. The molecule has 0 aromatic rings. The summed E-state index contributed by atoms with van der Waals surface area (Å²) < 4.78 is 11.2. The Labute approximate surface area is 162 Å². The predicted octanol–water partition coefficient (Wildman–Crippen LogP) is 2.97. The van der Waals surface area contributed by atoms with Crippen LogP contribution >= 0.6 is 0 Å². The first-order chi connectivity index (χ1) is 12.9. The minimum absolute atomic E-state index is 0.170. The fourth-order valence-corrected chi connectivity index (χ4v) is 2.39. The van der Waals surface area contributed by atoms with Crippen LogP contribution in [-0.2, 0) is 9.47 Å². The Bertz CT molecular complexity index is 600. The van der Waals surface area contributed by atoms with E-state index in [2.05, 4.69) is 13.2 Å². The summed E-state index contributed by atoms with van der Waals surface area (Å²) in [5.41, 5.74) is 2.86. The summed E-state index contributed by atoms with van der Waals surface area (Å²) in [5.74, 6) is 0. The molecule has 0 aliphatic carbocycles. The third-order valence-electron chi connectivity index (χ3n) is 4.13. The van der Waals surface area contributed by atoms with E-state index in [4.69, 9.17) is 9.47 Å². The van der Waals surface area contributed by atoms with Gasteiger partial charge in [-0.05, 0) is 37.8 Å². The molecule has 4 atom stereocenters. The number of rotatable bonds is 9. The summed E-state index contributed by atoms with van der Waals surface area (Å²) in [6, 6.07) is 0. The van der Waals surface area contributed by atoms with E-state index in [9.17, 15) is 15.3 Å². The van der Waals surface area contributed by atoms with Gasteiger partial charge >= 0.3 is 0 Å². The smallest absolute Gasteiger partial charge is 0.186 e. The maximum absolute atomic E-state index is 10.1. The van der Waals surface area contributed by atoms with Crippen molar-refractivity contribution in [1.82, 2.24) is 0 Å². The Balaban J connectivity index is 2.55. The van der Waals surface area contributed by atoms with Crippen molar-refractivity contribution < 1.29 is 24.8 Å². The van der Waals surface area contributed by atoms with E-state index in [0.717, 1.165) is 16.7 Å². The van der Waals surface area contributed by atoms with E-state index in [0.29, 0.717) is 12.8 Å². The second-order valence-corrected chi connectivity index (χ2v) is 6.68. The van der Waals surface area contributed by atoms with Crippen molar-refractivity contribution in [2.45, 2.75) is 51.3 Å². The molecular weight excluding hydrogens is 344 g/mol. The molecule has 0 saturated carbocycles. The summed E-state index contributed by atoms with van der Waals surface area (Å²) in [4.78, 5) is 0. The lowest BCUT2D eigenvalue weighted by Gasteiger charge is -2.25. The summed E-state index contributed by atoms with van der Waals surface area (Å²) in [6.45, 7) is 11.4. The molecule has 1 fully saturated rings. The first-order valence-corrected chi connectivity index (χ1v) is 9.11. The van der Waals surface area contributed by atoms with E-state index < -0.39 is 24.6 Å². The largest absolute Gasteiger partial charge is 0.394 e. The van der Waals surface area contributed by atoms with Gasteiger partial charge in [-0.15, -0.1) is 0 Å². The summed E-state index contributed by atoms with van der Waals surface area (Å²) in [6.07, 6.45) is 10.6. The zero-order chi connectivity index (χ0) is 20.2. The van der Waals surface area contributed by atoms with Gasteiger partial charge in [-0.2, -0.15) is 0 Å². The highest BCUT2D eigenvalue weighted by Crippen LogP contribution is 2.21. The number of allylic oxidation sites excluding steroid dienone is 9. The fourth-order valence-electron chi connectivity index (χ4n) is 2.39. The molecule has 5 heteroatoms. The number of hydrogen-bond donors (Lipinski definition) is 3. The van der Waals surface area contributed by atoms with E-state index in [-0.39, 0.29) is 13.2 Å². The van der Waals surface area contributed by atoms with Crippen molar-refractivity contribution in [2.75, 3.05) is 13.2 Å². The minimum atomic E-state index is -1.13. The van der Waals surface area contributed by atoms with E-state index >= 15 is 0 Å². The van der Waals surface area contributed by atoms with Gasteiger partial charge in [0.1, 0.15) is 6.10 Å². The molecule has 150 valence electrons. The molecule has 0 spiro atoms. The SMILES string of the molecule is C=CC(=C)/C=C/C=C(C)/C=C/C=C(\C)COC1O[C@H](CO)CCC(O)C1O. The molecule has 27 heavy (non-hydrogen) atoms. The molecule has 1 heterocycles. The number of hydrogen-bond acceptors (Lipinski definition) is 5. The lowest BCUT2D eigenvalue weighted by Crippen LogP contribution is -2.40. The van der Waals surface area contributed by atoms with Gasteiger partial charge in [0.25, 0.3) is 0 Å². The minimum Gasteiger partial charge on any atom is -0.394 e. The second-order valence-electron chi connectivity index (χ2n) is 6.68. The Hall–Kier alpha value is -1.76. The van der Waals surface area contributed by atoms with Crippen molar-refractivity contribution >= 4 is 0 Å². The molecule has 0 bridgehead atoms. The van der Waals surface area contributed by atoms with Gasteiger partial charge in [0.2, 0.25) is 0 Å². The van der Waals surface area contributed by atoms with Gasteiger partial charge in [0.15, 0.2) is 6.29 Å². The maximum Gasteiger partial charge on any atom is 0.186 e. The van der Waals surface area contributed by atoms with Crippen molar-refractivity contribution in [3.8, 4) is 0 Å². The Morgan fingerprint density at radius 2 is 1.85 bits per heavy atom. The second kappa shape index (κ2) is 12.6. The monoisotopic (exact) mass is 376 g/mol. The van der Waals surface area contributed by atoms with Crippen molar-refractivity contribution in [2.24, 2.45) is 0 Å². The molecule has 1 saturated heterocycles. The quantitative estimate of drug-likeness (QED) is 0.539. The van der Waals surface area contributed by atoms with Gasteiger partial charge < -0.3 is 24.8 Å². The predicted molar refractivity (Wildman–Crippen MR) is 108 cm³/mol. The highest BCUT2D eigenvalue weighted by molar-refractivity contribution is 5.31. The molecule has 0 amide bonds. The third kappa shape index (κ3) is 9.13. The average Bonchev–Trinajstić information content (AvgIpc) is 2.79. The number of ether oxygens (including phenoxy) is 2. The normalized spacial score (nSPS) is 27.9. The van der Waals surface area contributed by atoms with Crippen LogP contribution in [-0.4, -0.2) is 53.1 Å². The third-order valence-corrected chi connectivity index (χ3v) is 4.13. The van der Waals surface area contributed by atoms with E-state index in [1.54, 1.807) is 6.08 Å². The van der Waals surface area contributed by atoms with Crippen LogP contribution in [0.25, 0.3) is 0 Å². The molecule has 1 aliphatic rings. The lowest BCUT2D eigenvalue weighted by molar-refractivity contribution is -0.222. The highest BCUT2D eigenvalue weighted by atomic mass is 16.7. The topological polar surface area (TPSA) is 79.2 Å². The van der Waals surface area contributed by atoms with Gasteiger partial charge in [0.05, 0.1) is 25.4 Å². The van der Waals surface area contributed by atoms with Crippen LogP contribution in [0.2, 0.25) is 0 Å². The number of aliphatic hydroxyl groups is 3. The molecule has 1 aliphatic heterocycles. The van der Waals surface area contributed by atoms with Crippen molar-refractivity contribution in [3.05, 3.63) is 72.4 Å². The summed E-state index contributed by atoms with van der Waals surface area (Å²) >= 11 is 0. The van der Waals surface area contributed by atoms with Crippen LogP contribution < -0.4 is 0 Å². The molecule has 0 aromatic carbocycles. The van der Waals surface area contributed by atoms with Crippen molar-refractivity contribution in [1.29, 1.82) is 0 Å². The zero-order valence-corrected chi connectivity index (χ0v) is 16.3. The average molecular weight is 376 g/mol.